The highest BCUT2D eigenvalue weighted by Crippen LogP contribution is 2.46. The van der Waals surface area contributed by atoms with Crippen molar-refractivity contribution in [2.45, 2.75) is 30.1 Å². The summed E-state index contributed by atoms with van der Waals surface area (Å²) in [5, 5.41) is 32.9. The summed E-state index contributed by atoms with van der Waals surface area (Å²) in [6.07, 6.45) is -2.48. The van der Waals surface area contributed by atoms with Crippen molar-refractivity contribution < 1.29 is 34.3 Å². The number of methoxy groups -OCH3 is 2. The van der Waals surface area contributed by atoms with E-state index in [1.165, 1.54) is 18.3 Å². The van der Waals surface area contributed by atoms with Gasteiger partial charge in [0.05, 0.1) is 20.8 Å². The van der Waals surface area contributed by atoms with E-state index in [-0.39, 0.29) is 18.4 Å². The van der Waals surface area contributed by atoms with Crippen LogP contribution in [0.15, 0.2) is 113 Å². The fourth-order valence-corrected chi connectivity index (χ4v) is 6.02. The van der Waals surface area contributed by atoms with Gasteiger partial charge in [0.15, 0.2) is 18.0 Å². The van der Waals surface area contributed by atoms with Crippen molar-refractivity contribution in [1.82, 2.24) is 14.1 Å². The van der Waals surface area contributed by atoms with Gasteiger partial charge in [0, 0.05) is 24.4 Å². The zero-order valence-corrected chi connectivity index (χ0v) is 25.0. The summed E-state index contributed by atoms with van der Waals surface area (Å²) in [5.74, 6) is 0.588. The summed E-state index contributed by atoms with van der Waals surface area (Å²) >= 11 is 0. The molecule has 1 fully saturated rings. The van der Waals surface area contributed by atoms with Gasteiger partial charge in [0.1, 0.15) is 35.3 Å². The molecule has 0 bridgehead atoms. The Morgan fingerprint density at radius 3 is 1.85 bits per heavy atom. The molecule has 0 radical (unpaired) electrons. The molecule has 3 aromatic carbocycles. The maximum absolute atomic E-state index is 12.9. The molecule has 4 atom stereocenters. The number of benzene rings is 3. The number of rotatable bonds is 10. The average Bonchev–Trinajstić information content (AvgIpc) is 3.58. The Hall–Kier alpha value is -5.30. The molecule has 0 spiro atoms. The summed E-state index contributed by atoms with van der Waals surface area (Å²) < 4.78 is 26.2. The maximum Gasteiger partial charge on any atom is 0.330 e. The fraction of sp³-hybridized carbons (Fsp3) is 0.235. The quantitative estimate of drug-likeness (QED) is 0.171. The van der Waals surface area contributed by atoms with Crippen LogP contribution in [0.3, 0.4) is 0 Å². The largest absolute Gasteiger partial charge is 0.497 e. The number of aliphatic hydroxyl groups excluding tert-OH is 1. The molecular weight excluding hydrogens is 594 g/mol. The Balaban J connectivity index is 1.45. The van der Waals surface area contributed by atoms with E-state index in [2.05, 4.69) is 4.98 Å². The van der Waals surface area contributed by atoms with Crippen LogP contribution >= 0.6 is 0 Å². The van der Waals surface area contributed by atoms with Crippen molar-refractivity contribution in [2.75, 3.05) is 20.8 Å². The SMILES string of the molecule is COc1ccc(C(OC[C@H]2O[C@@H](n3ccc(=O)[nH]c3=O)[C@H](n3c(O)ccc3O)[C@@H]2O)(c2ccccc2)c2ccc(OC)cc2)cc1. The standard InChI is InChI=1S/C34H33N3O9/c1-43-24-12-8-22(9-13-24)34(21-6-4-3-5-7-21,23-10-14-25(44-2)15-11-23)45-20-26-31(41)30(37-28(39)16-17-29(37)40)32(46-26)36-19-18-27(38)35-33(36)42/h3-19,26,30-32,39-41H,20H2,1-2H3,(H,35,38,42)/t26-,30-,31-,32-/m1/s1. The van der Waals surface area contributed by atoms with Crippen LogP contribution in [0.1, 0.15) is 29.0 Å². The predicted molar refractivity (Wildman–Crippen MR) is 166 cm³/mol. The summed E-state index contributed by atoms with van der Waals surface area (Å²) in [6.45, 7) is -0.206. The van der Waals surface area contributed by atoms with Gasteiger partial charge in [0.2, 0.25) is 0 Å². The Morgan fingerprint density at radius 2 is 1.33 bits per heavy atom. The predicted octanol–water partition coefficient (Wildman–Crippen LogP) is 3.27. The summed E-state index contributed by atoms with van der Waals surface area (Å²) in [4.78, 5) is 26.9. The van der Waals surface area contributed by atoms with Crippen LogP contribution in [0.25, 0.3) is 0 Å². The molecule has 2 aromatic heterocycles. The fourth-order valence-electron chi connectivity index (χ4n) is 6.02. The molecule has 1 aliphatic rings. The minimum Gasteiger partial charge on any atom is -0.497 e. The maximum atomic E-state index is 12.9. The normalized spacial score (nSPS) is 19.6. The molecule has 0 unspecified atom stereocenters. The monoisotopic (exact) mass is 627 g/mol. The van der Waals surface area contributed by atoms with Crippen molar-refractivity contribution in [3.8, 4) is 23.3 Å². The molecule has 4 N–H and O–H groups in total. The number of aliphatic hydroxyl groups is 1. The van der Waals surface area contributed by atoms with Gasteiger partial charge in [-0.3, -0.25) is 18.9 Å². The number of aromatic hydroxyl groups is 2. The van der Waals surface area contributed by atoms with Gasteiger partial charge in [-0.05, 0) is 41.0 Å². The van der Waals surface area contributed by atoms with Crippen LogP contribution in [0, 0.1) is 0 Å². The molecular formula is C34H33N3O9. The lowest BCUT2D eigenvalue weighted by atomic mass is 9.80. The van der Waals surface area contributed by atoms with Gasteiger partial charge in [-0.2, -0.15) is 0 Å². The van der Waals surface area contributed by atoms with E-state index < -0.39 is 41.3 Å². The van der Waals surface area contributed by atoms with Crippen molar-refractivity contribution in [2.24, 2.45) is 0 Å². The third-order valence-electron chi connectivity index (χ3n) is 8.27. The van der Waals surface area contributed by atoms with E-state index in [1.807, 2.05) is 78.9 Å². The first kappa shape index (κ1) is 30.7. The second-order valence-corrected chi connectivity index (χ2v) is 10.8. The Labute approximate surface area is 263 Å². The molecule has 12 nitrogen and oxygen atoms in total. The summed E-state index contributed by atoms with van der Waals surface area (Å²) in [5.41, 5.74) is -0.357. The van der Waals surface area contributed by atoms with Crippen molar-refractivity contribution in [3.63, 3.8) is 0 Å². The van der Waals surface area contributed by atoms with Gasteiger partial charge in [-0.25, -0.2) is 4.79 Å². The molecule has 0 aliphatic carbocycles. The van der Waals surface area contributed by atoms with Crippen molar-refractivity contribution >= 4 is 0 Å². The summed E-state index contributed by atoms with van der Waals surface area (Å²) in [6, 6.07) is 26.9. The second kappa shape index (κ2) is 12.6. The lowest BCUT2D eigenvalue weighted by Gasteiger charge is -2.37. The molecule has 5 aromatic rings. The van der Waals surface area contributed by atoms with Crippen molar-refractivity contribution in [3.05, 3.63) is 141 Å². The third-order valence-corrected chi connectivity index (χ3v) is 8.27. The zero-order valence-electron chi connectivity index (χ0n) is 25.0. The zero-order chi connectivity index (χ0) is 32.4. The minimum absolute atomic E-state index is 0.206. The first-order valence-corrected chi connectivity index (χ1v) is 14.5. The number of H-pyrrole nitrogens is 1. The summed E-state index contributed by atoms with van der Waals surface area (Å²) in [7, 11) is 3.16. The van der Waals surface area contributed by atoms with Gasteiger partial charge in [0.25, 0.3) is 5.56 Å². The number of hydrogen-bond acceptors (Lipinski definition) is 9. The number of nitrogens with one attached hydrogen (secondary N) is 1. The molecule has 1 aliphatic heterocycles. The van der Waals surface area contributed by atoms with E-state index in [4.69, 9.17) is 18.9 Å². The van der Waals surface area contributed by atoms with Crippen molar-refractivity contribution in [1.29, 1.82) is 0 Å². The molecule has 0 saturated carbocycles. The average molecular weight is 628 g/mol. The van der Waals surface area contributed by atoms with Crippen LogP contribution in [-0.4, -0.2) is 62.5 Å². The Kier molecular flexibility index (Phi) is 8.41. The highest BCUT2D eigenvalue weighted by atomic mass is 16.6. The topological polar surface area (TPSA) is 157 Å². The molecule has 12 heteroatoms. The third kappa shape index (κ3) is 5.42. The van der Waals surface area contributed by atoms with Crippen LogP contribution in [0.5, 0.6) is 23.3 Å². The van der Waals surface area contributed by atoms with Gasteiger partial charge < -0.3 is 34.3 Å². The molecule has 1 saturated heterocycles. The van der Waals surface area contributed by atoms with E-state index in [1.54, 1.807) is 14.2 Å². The first-order chi connectivity index (χ1) is 22.3. The van der Waals surface area contributed by atoms with Crippen LogP contribution in [-0.2, 0) is 15.1 Å². The lowest BCUT2D eigenvalue weighted by molar-refractivity contribution is -0.0948. The number of nitrogens with zero attached hydrogens (tertiary/aromatic N) is 2. The molecule has 3 heterocycles. The number of ether oxygens (including phenoxy) is 4. The van der Waals surface area contributed by atoms with Crippen LogP contribution in [0.2, 0.25) is 0 Å². The Morgan fingerprint density at radius 1 is 0.783 bits per heavy atom. The van der Waals surface area contributed by atoms with Gasteiger partial charge >= 0.3 is 5.69 Å². The number of aromatic amines is 1. The molecule has 46 heavy (non-hydrogen) atoms. The minimum atomic E-state index is -1.40. The highest BCUT2D eigenvalue weighted by molar-refractivity contribution is 5.49. The molecule has 0 amide bonds. The number of aromatic nitrogens is 3. The highest BCUT2D eigenvalue weighted by Gasteiger charge is 2.49. The molecule has 238 valence electrons. The van der Waals surface area contributed by atoms with Gasteiger partial charge in [-0.1, -0.05) is 54.6 Å². The second-order valence-electron chi connectivity index (χ2n) is 10.8. The molecule has 6 rings (SSSR count). The van der Waals surface area contributed by atoms with E-state index in [9.17, 15) is 24.9 Å². The van der Waals surface area contributed by atoms with Crippen LogP contribution < -0.4 is 20.7 Å². The smallest absolute Gasteiger partial charge is 0.330 e. The lowest BCUT2D eigenvalue weighted by Crippen LogP contribution is -2.39. The van der Waals surface area contributed by atoms with Crippen LogP contribution in [0.4, 0.5) is 0 Å². The van der Waals surface area contributed by atoms with E-state index in [0.717, 1.165) is 31.9 Å². The van der Waals surface area contributed by atoms with Gasteiger partial charge in [-0.15, -0.1) is 0 Å². The van der Waals surface area contributed by atoms with E-state index in [0.29, 0.717) is 11.5 Å². The van der Waals surface area contributed by atoms with E-state index >= 15 is 0 Å². The first-order valence-electron chi connectivity index (χ1n) is 14.5. The Bertz CT molecular complexity index is 1830. The number of hydrogen-bond donors (Lipinski definition) is 4.